The second kappa shape index (κ2) is 10.4. The maximum Gasteiger partial charge on any atom is 0.237 e. The number of carbonyl (C=O) groups excluding carboxylic acids is 1. The molecule has 0 spiro atoms. The summed E-state index contributed by atoms with van der Waals surface area (Å²) in [6.07, 6.45) is 5.51. The minimum atomic E-state index is 0.0216. The molecule has 0 bridgehead atoms. The summed E-state index contributed by atoms with van der Waals surface area (Å²) in [5.74, 6) is 1.79. The second-order valence-electron chi connectivity index (χ2n) is 8.53. The zero-order valence-corrected chi connectivity index (χ0v) is 19.5. The van der Waals surface area contributed by atoms with Crippen LogP contribution in [0.2, 0.25) is 0 Å². The van der Waals surface area contributed by atoms with Gasteiger partial charge in [0, 0.05) is 19.3 Å². The molecule has 7 heteroatoms. The van der Waals surface area contributed by atoms with Gasteiger partial charge in [-0.2, -0.15) is 0 Å². The van der Waals surface area contributed by atoms with E-state index < -0.39 is 0 Å². The Bertz CT molecular complexity index is 1090. The van der Waals surface area contributed by atoms with Gasteiger partial charge in [0.15, 0.2) is 0 Å². The van der Waals surface area contributed by atoms with Crippen LogP contribution in [-0.2, 0) is 11.3 Å². The van der Waals surface area contributed by atoms with Gasteiger partial charge in [-0.1, -0.05) is 18.2 Å². The number of nitrogens with zero attached hydrogens (tertiary/aromatic N) is 4. The number of pyridine rings is 2. The number of benzene rings is 1. The first kappa shape index (κ1) is 22.7. The number of aryl methyl sites for hydroxylation is 1. The lowest BCUT2D eigenvalue weighted by atomic mass is 10.1. The van der Waals surface area contributed by atoms with E-state index in [4.69, 9.17) is 4.74 Å². The summed E-state index contributed by atoms with van der Waals surface area (Å²) in [5.41, 5.74) is 4.01. The number of likely N-dealkylation sites (N-methyl/N-ethyl adjacent to an activating group) is 1. The average molecular weight is 446 g/mol. The first-order valence-corrected chi connectivity index (χ1v) is 11.3. The number of likely N-dealkylation sites (tertiary alicyclic amines) is 1. The molecular formula is C26H31N5O2. The van der Waals surface area contributed by atoms with Gasteiger partial charge >= 0.3 is 0 Å². The number of carbonyl (C=O) groups is 1. The SMILES string of the molecule is COc1cccc(CN(C)CC(=O)N2CCCC2c2ccc(Nc3ncccc3C)cn2)c1. The van der Waals surface area contributed by atoms with Gasteiger partial charge in [-0.3, -0.25) is 14.7 Å². The summed E-state index contributed by atoms with van der Waals surface area (Å²) in [4.78, 5) is 26.2. The van der Waals surface area contributed by atoms with E-state index >= 15 is 0 Å². The van der Waals surface area contributed by atoms with E-state index in [9.17, 15) is 4.79 Å². The largest absolute Gasteiger partial charge is 0.497 e. The fraction of sp³-hybridized carbons (Fsp3) is 0.346. The van der Waals surface area contributed by atoms with Crippen LogP contribution in [0, 0.1) is 6.92 Å². The molecule has 1 atom stereocenters. The topological polar surface area (TPSA) is 70.6 Å². The Morgan fingerprint density at radius 3 is 2.85 bits per heavy atom. The van der Waals surface area contributed by atoms with Crippen molar-refractivity contribution in [2.75, 3.05) is 32.6 Å². The third-order valence-corrected chi connectivity index (χ3v) is 5.96. The molecule has 1 aromatic carbocycles. The van der Waals surface area contributed by atoms with Crippen molar-refractivity contribution in [1.82, 2.24) is 19.8 Å². The lowest BCUT2D eigenvalue weighted by Crippen LogP contribution is -2.38. The zero-order valence-electron chi connectivity index (χ0n) is 19.5. The Kier molecular flexibility index (Phi) is 7.19. The molecule has 3 aromatic rings. The smallest absolute Gasteiger partial charge is 0.237 e. The molecular weight excluding hydrogens is 414 g/mol. The van der Waals surface area contributed by atoms with Gasteiger partial charge in [0.05, 0.1) is 37.3 Å². The highest BCUT2D eigenvalue weighted by Crippen LogP contribution is 2.31. The zero-order chi connectivity index (χ0) is 23.2. The van der Waals surface area contributed by atoms with Crippen LogP contribution >= 0.6 is 0 Å². The summed E-state index contributed by atoms with van der Waals surface area (Å²) in [5, 5.41) is 3.31. The summed E-state index contributed by atoms with van der Waals surface area (Å²) in [6, 6.07) is 15.9. The van der Waals surface area contributed by atoms with Crippen molar-refractivity contribution >= 4 is 17.4 Å². The molecule has 33 heavy (non-hydrogen) atoms. The van der Waals surface area contributed by atoms with Gasteiger partial charge in [-0.25, -0.2) is 4.98 Å². The average Bonchev–Trinajstić information content (AvgIpc) is 3.31. The highest BCUT2D eigenvalue weighted by molar-refractivity contribution is 5.79. The molecule has 1 unspecified atom stereocenters. The van der Waals surface area contributed by atoms with Crippen LogP contribution in [-0.4, -0.2) is 52.9 Å². The Morgan fingerprint density at radius 2 is 2.09 bits per heavy atom. The van der Waals surface area contributed by atoms with Crippen molar-refractivity contribution in [2.24, 2.45) is 0 Å². The fourth-order valence-corrected chi connectivity index (χ4v) is 4.26. The molecule has 2 aromatic heterocycles. The van der Waals surface area contributed by atoms with Crippen LogP contribution in [0.4, 0.5) is 11.5 Å². The molecule has 0 saturated carbocycles. The van der Waals surface area contributed by atoms with E-state index in [2.05, 4.69) is 15.3 Å². The molecule has 0 radical (unpaired) electrons. The van der Waals surface area contributed by atoms with Crippen LogP contribution in [0.25, 0.3) is 0 Å². The van der Waals surface area contributed by atoms with Crippen LogP contribution in [0.3, 0.4) is 0 Å². The summed E-state index contributed by atoms with van der Waals surface area (Å²) >= 11 is 0. The van der Waals surface area contributed by atoms with E-state index in [-0.39, 0.29) is 11.9 Å². The lowest BCUT2D eigenvalue weighted by molar-refractivity contribution is -0.133. The highest BCUT2D eigenvalue weighted by Gasteiger charge is 2.31. The van der Waals surface area contributed by atoms with Crippen molar-refractivity contribution in [3.8, 4) is 5.75 Å². The summed E-state index contributed by atoms with van der Waals surface area (Å²) in [7, 11) is 3.64. The lowest BCUT2D eigenvalue weighted by Gasteiger charge is -2.27. The van der Waals surface area contributed by atoms with Crippen molar-refractivity contribution < 1.29 is 9.53 Å². The number of hydrogen-bond donors (Lipinski definition) is 1. The van der Waals surface area contributed by atoms with Gasteiger partial charge in [-0.15, -0.1) is 0 Å². The summed E-state index contributed by atoms with van der Waals surface area (Å²) < 4.78 is 5.30. The fourth-order valence-electron chi connectivity index (χ4n) is 4.26. The van der Waals surface area contributed by atoms with Gasteiger partial charge in [0.25, 0.3) is 0 Å². The number of methoxy groups -OCH3 is 1. The van der Waals surface area contributed by atoms with E-state index in [1.165, 1.54) is 0 Å². The second-order valence-corrected chi connectivity index (χ2v) is 8.53. The number of amides is 1. The van der Waals surface area contributed by atoms with E-state index in [0.717, 1.165) is 53.5 Å². The minimum absolute atomic E-state index is 0.0216. The molecule has 1 fully saturated rings. The number of aromatic nitrogens is 2. The van der Waals surface area contributed by atoms with E-state index in [1.807, 2.05) is 78.5 Å². The summed E-state index contributed by atoms with van der Waals surface area (Å²) in [6.45, 7) is 3.84. The molecule has 172 valence electrons. The molecule has 1 aliphatic heterocycles. The molecule has 1 N–H and O–H groups in total. The normalized spacial score (nSPS) is 15.6. The van der Waals surface area contributed by atoms with Gasteiger partial charge in [0.2, 0.25) is 5.91 Å². The van der Waals surface area contributed by atoms with Crippen LogP contribution in [0.1, 0.15) is 35.7 Å². The number of ether oxygens (including phenoxy) is 1. The highest BCUT2D eigenvalue weighted by atomic mass is 16.5. The quantitative estimate of drug-likeness (QED) is 0.556. The standard InChI is InChI=1S/C26H31N5O2/c1-19-7-5-13-27-26(19)29-21-11-12-23(28-16-21)24-10-6-14-31(24)25(32)18-30(2)17-20-8-4-9-22(15-20)33-3/h4-5,7-9,11-13,15-16,24H,6,10,14,17-18H2,1-3H3,(H,27,29). The molecule has 0 aliphatic carbocycles. The van der Waals surface area contributed by atoms with Gasteiger partial charge in [0.1, 0.15) is 11.6 Å². The van der Waals surface area contributed by atoms with E-state index in [1.54, 1.807) is 13.3 Å². The van der Waals surface area contributed by atoms with Crippen LogP contribution in [0.5, 0.6) is 5.75 Å². The van der Waals surface area contributed by atoms with Crippen LogP contribution in [0.15, 0.2) is 60.9 Å². The minimum Gasteiger partial charge on any atom is -0.497 e. The number of hydrogen-bond acceptors (Lipinski definition) is 6. The number of nitrogens with one attached hydrogen (secondary N) is 1. The third-order valence-electron chi connectivity index (χ3n) is 5.96. The van der Waals surface area contributed by atoms with E-state index in [0.29, 0.717) is 13.1 Å². The predicted octanol–water partition coefficient (Wildman–Crippen LogP) is 4.33. The first-order valence-electron chi connectivity index (χ1n) is 11.3. The van der Waals surface area contributed by atoms with Crippen molar-refractivity contribution in [1.29, 1.82) is 0 Å². The van der Waals surface area contributed by atoms with Crippen molar-refractivity contribution in [2.45, 2.75) is 32.4 Å². The number of rotatable bonds is 8. The molecule has 3 heterocycles. The van der Waals surface area contributed by atoms with Crippen LogP contribution < -0.4 is 10.1 Å². The maximum absolute atomic E-state index is 13.1. The van der Waals surface area contributed by atoms with Gasteiger partial charge < -0.3 is 15.0 Å². The molecule has 1 aliphatic rings. The molecule has 4 rings (SSSR count). The third kappa shape index (κ3) is 5.68. The number of anilines is 2. The predicted molar refractivity (Wildman–Crippen MR) is 130 cm³/mol. The first-order chi connectivity index (χ1) is 16.0. The van der Waals surface area contributed by atoms with Gasteiger partial charge in [-0.05, 0) is 68.3 Å². The maximum atomic E-state index is 13.1. The molecule has 7 nitrogen and oxygen atoms in total. The molecule has 1 amide bonds. The Hall–Kier alpha value is -3.45. The molecule has 1 saturated heterocycles. The van der Waals surface area contributed by atoms with Crippen molar-refractivity contribution in [3.63, 3.8) is 0 Å². The monoisotopic (exact) mass is 445 g/mol. The Morgan fingerprint density at radius 1 is 1.21 bits per heavy atom. The Labute approximate surface area is 195 Å². The Balaban J connectivity index is 1.37. The van der Waals surface area contributed by atoms with Crippen molar-refractivity contribution in [3.05, 3.63) is 77.7 Å².